The second-order valence-electron chi connectivity index (χ2n) is 5.87. The predicted octanol–water partition coefficient (Wildman–Crippen LogP) is 2.68. The molecule has 0 saturated carbocycles. The normalized spacial score (nSPS) is 15.9. The van der Waals surface area contributed by atoms with Crippen molar-refractivity contribution < 1.29 is 23.0 Å². The maximum Gasteiger partial charge on any atom is 0.238 e. The van der Waals surface area contributed by atoms with Gasteiger partial charge in [0, 0.05) is 12.6 Å². The monoisotopic (exact) mass is 348 g/mol. The summed E-state index contributed by atoms with van der Waals surface area (Å²) in [7, 11) is 1.74. The lowest BCUT2D eigenvalue weighted by Gasteiger charge is -2.29. The van der Waals surface area contributed by atoms with Gasteiger partial charge in [-0.1, -0.05) is 12.1 Å². The zero-order chi connectivity index (χ0) is 17.8. The number of hydrogen-bond donors (Lipinski definition) is 1. The highest BCUT2D eigenvalue weighted by Crippen LogP contribution is 2.30. The molecule has 0 spiro atoms. The number of halogens is 2. The summed E-state index contributed by atoms with van der Waals surface area (Å²) in [5.74, 6) is -0.377. The molecule has 1 heterocycles. The van der Waals surface area contributed by atoms with Gasteiger partial charge in [-0.05, 0) is 31.3 Å². The van der Waals surface area contributed by atoms with E-state index in [1.54, 1.807) is 11.9 Å². The molecular formula is C18H18F2N2O3. The molecule has 0 bridgehead atoms. The number of anilines is 1. The van der Waals surface area contributed by atoms with Crippen LogP contribution in [0.1, 0.15) is 0 Å². The molecule has 1 atom stereocenters. The lowest BCUT2D eigenvalue weighted by molar-refractivity contribution is -0.117. The van der Waals surface area contributed by atoms with E-state index in [9.17, 15) is 13.6 Å². The lowest BCUT2D eigenvalue weighted by atomic mass is 10.2. The van der Waals surface area contributed by atoms with Crippen LogP contribution in [-0.2, 0) is 4.79 Å². The van der Waals surface area contributed by atoms with Gasteiger partial charge in [-0.25, -0.2) is 8.78 Å². The second kappa shape index (κ2) is 7.48. The zero-order valence-electron chi connectivity index (χ0n) is 13.7. The number of para-hydroxylation sites is 2. The summed E-state index contributed by atoms with van der Waals surface area (Å²) in [5, 5.41) is 2.37. The van der Waals surface area contributed by atoms with E-state index < -0.39 is 17.5 Å². The third-order valence-corrected chi connectivity index (χ3v) is 3.70. The van der Waals surface area contributed by atoms with Crippen LogP contribution in [0.25, 0.3) is 0 Å². The third-order valence-electron chi connectivity index (χ3n) is 3.70. The number of nitrogens with one attached hydrogen (secondary N) is 1. The number of rotatable bonds is 5. The highest BCUT2D eigenvalue weighted by atomic mass is 19.1. The Morgan fingerprint density at radius 2 is 2.00 bits per heavy atom. The van der Waals surface area contributed by atoms with Crippen molar-refractivity contribution in [2.45, 2.75) is 6.10 Å². The number of benzene rings is 2. The third kappa shape index (κ3) is 4.45. The molecule has 0 aliphatic carbocycles. The van der Waals surface area contributed by atoms with Crippen LogP contribution >= 0.6 is 0 Å². The molecule has 1 aliphatic heterocycles. The molecule has 3 rings (SSSR count). The zero-order valence-corrected chi connectivity index (χ0v) is 13.7. The molecule has 0 saturated heterocycles. The molecule has 2 aromatic carbocycles. The molecular weight excluding hydrogens is 330 g/mol. The first-order valence-corrected chi connectivity index (χ1v) is 7.83. The summed E-state index contributed by atoms with van der Waals surface area (Å²) in [6, 6.07) is 10.3. The Morgan fingerprint density at radius 1 is 1.24 bits per heavy atom. The highest BCUT2D eigenvalue weighted by molar-refractivity contribution is 5.92. The molecule has 1 amide bonds. The van der Waals surface area contributed by atoms with Gasteiger partial charge in [-0.3, -0.25) is 9.69 Å². The van der Waals surface area contributed by atoms with Crippen molar-refractivity contribution in [3.63, 3.8) is 0 Å². The standard InChI is InChI=1S/C18H18F2N2O3/c1-22(9-13-11-24-16-4-2-3-5-17(16)25-13)10-18(23)21-15-8-12(19)6-7-14(15)20/h2-8,13H,9-11H2,1H3,(H,21,23). The van der Waals surface area contributed by atoms with Gasteiger partial charge in [0.05, 0.1) is 12.2 Å². The molecule has 0 aromatic heterocycles. The quantitative estimate of drug-likeness (QED) is 0.903. The Morgan fingerprint density at radius 3 is 2.80 bits per heavy atom. The Balaban J connectivity index is 1.52. The molecule has 2 aromatic rings. The fraction of sp³-hybridized carbons (Fsp3) is 0.278. The van der Waals surface area contributed by atoms with Crippen LogP contribution in [0.4, 0.5) is 14.5 Å². The van der Waals surface area contributed by atoms with E-state index in [4.69, 9.17) is 9.47 Å². The van der Waals surface area contributed by atoms with Crippen molar-refractivity contribution >= 4 is 11.6 Å². The Labute approximate surface area is 144 Å². The number of hydrogen-bond acceptors (Lipinski definition) is 4. The first kappa shape index (κ1) is 17.2. The SMILES string of the molecule is CN(CC(=O)Nc1cc(F)ccc1F)CC1COc2ccccc2O1. The minimum Gasteiger partial charge on any atom is -0.486 e. The Hall–Kier alpha value is -2.67. The molecule has 0 fully saturated rings. The number of nitrogens with zero attached hydrogens (tertiary/aromatic N) is 1. The Bertz CT molecular complexity index is 770. The van der Waals surface area contributed by atoms with E-state index in [1.165, 1.54) is 0 Å². The number of amides is 1. The molecule has 132 valence electrons. The number of carbonyl (C=O) groups is 1. The summed E-state index contributed by atoms with van der Waals surface area (Å²) in [6.45, 7) is 0.840. The number of likely N-dealkylation sites (N-methyl/N-ethyl adjacent to an activating group) is 1. The molecule has 5 nitrogen and oxygen atoms in total. The average molecular weight is 348 g/mol. The van der Waals surface area contributed by atoms with Crippen molar-refractivity contribution in [1.29, 1.82) is 0 Å². The fourth-order valence-electron chi connectivity index (χ4n) is 2.59. The number of ether oxygens (including phenoxy) is 2. The van der Waals surface area contributed by atoms with Gasteiger partial charge >= 0.3 is 0 Å². The summed E-state index contributed by atoms with van der Waals surface area (Å²) in [5.41, 5.74) is -0.176. The summed E-state index contributed by atoms with van der Waals surface area (Å²) >= 11 is 0. The minimum atomic E-state index is -0.682. The first-order valence-electron chi connectivity index (χ1n) is 7.83. The van der Waals surface area contributed by atoms with Gasteiger partial charge in [0.1, 0.15) is 24.3 Å². The van der Waals surface area contributed by atoms with Crippen LogP contribution in [0.5, 0.6) is 11.5 Å². The van der Waals surface area contributed by atoms with E-state index in [0.29, 0.717) is 24.7 Å². The highest BCUT2D eigenvalue weighted by Gasteiger charge is 2.22. The molecule has 1 aliphatic rings. The van der Waals surface area contributed by atoms with Gasteiger partial charge in [-0.15, -0.1) is 0 Å². The maximum atomic E-state index is 13.5. The van der Waals surface area contributed by atoms with E-state index in [-0.39, 0.29) is 18.3 Å². The largest absolute Gasteiger partial charge is 0.486 e. The molecule has 1 unspecified atom stereocenters. The fourth-order valence-corrected chi connectivity index (χ4v) is 2.59. The van der Waals surface area contributed by atoms with Crippen molar-refractivity contribution in [1.82, 2.24) is 4.90 Å². The molecule has 0 radical (unpaired) electrons. The van der Waals surface area contributed by atoms with Gasteiger partial charge in [0.2, 0.25) is 5.91 Å². The van der Waals surface area contributed by atoms with Crippen molar-refractivity contribution in [2.75, 3.05) is 32.1 Å². The topological polar surface area (TPSA) is 50.8 Å². The van der Waals surface area contributed by atoms with Crippen LogP contribution in [0.15, 0.2) is 42.5 Å². The average Bonchev–Trinajstić information content (AvgIpc) is 2.58. The van der Waals surface area contributed by atoms with Gasteiger partial charge in [-0.2, -0.15) is 0 Å². The lowest BCUT2D eigenvalue weighted by Crippen LogP contribution is -2.42. The van der Waals surface area contributed by atoms with Gasteiger partial charge < -0.3 is 14.8 Å². The van der Waals surface area contributed by atoms with Crippen LogP contribution < -0.4 is 14.8 Å². The maximum absolute atomic E-state index is 13.5. The van der Waals surface area contributed by atoms with E-state index in [1.807, 2.05) is 24.3 Å². The summed E-state index contributed by atoms with van der Waals surface area (Å²) in [4.78, 5) is 13.7. The smallest absolute Gasteiger partial charge is 0.238 e. The van der Waals surface area contributed by atoms with Crippen molar-refractivity contribution in [3.8, 4) is 11.5 Å². The van der Waals surface area contributed by atoms with Crippen LogP contribution in [0.2, 0.25) is 0 Å². The van der Waals surface area contributed by atoms with Crippen LogP contribution in [0.3, 0.4) is 0 Å². The van der Waals surface area contributed by atoms with Crippen molar-refractivity contribution in [2.24, 2.45) is 0 Å². The van der Waals surface area contributed by atoms with E-state index >= 15 is 0 Å². The van der Waals surface area contributed by atoms with Gasteiger partial charge in [0.15, 0.2) is 11.5 Å². The second-order valence-corrected chi connectivity index (χ2v) is 5.87. The minimum absolute atomic E-state index is 0.0114. The van der Waals surface area contributed by atoms with Crippen molar-refractivity contribution in [3.05, 3.63) is 54.1 Å². The first-order chi connectivity index (χ1) is 12.0. The number of fused-ring (bicyclic) bond motifs is 1. The van der Waals surface area contributed by atoms with Crippen LogP contribution in [-0.4, -0.2) is 43.7 Å². The van der Waals surface area contributed by atoms with E-state index in [0.717, 1.165) is 18.2 Å². The van der Waals surface area contributed by atoms with Crippen LogP contribution in [0, 0.1) is 11.6 Å². The van der Waals surface area contributed by atoms with E-state index in [2.05, 4.69) is 5.32 Å². The predicted molar refractivity (Wildman–Crippen MR) is 88.8 cm³/mol. The molecule has 1 N–H and O–H groups in total. The van der Waals surface area contributed by atoms with Gasteiger partial charge in [0.25, 0.3) is 0 Å². The summed E-state index contributed by atoms with van der Waals surface area (Å²) < 4.78 is 38.1. The summed E-state index contributed by atoms with van der Waals surface area (Å²) in [6.07, 6.45) is -0.224. The Kier molecular flexibility index (Phi) is 5.14. The number of carbonyl (C=O) groups excluding carboxylic acids is 1. The molecule has 25 heavy (non-hydrogen) atoms. The molecule has 7 heteroatoms.